The van der Waals surface area contributed by atoms with Gasteiger partial charge in [0.15, 0.2) is 0 Å². The predicted octanol–water partition coefficient (Wildman–Crippen LogP) is 11.0. The molecule has 3 atom stereocenters. The number of piperidine rings is 9. The van der Waals surface area contributed by atoms with Gasteiger partial charge in [0, 0.05) is 23.2 Å². The summed E-state index contributed by atoms with van der Waals surface area (Å²) in [5.74, 6) is 3.40. The van der Waals surface area contributed by atoms with Crippen LogP contribution in [-0.2, 0) is 0 Å². The third kappa shape index (κ3) is 23.8. The molecule has 7 nitrogen and oxygen atoms in total. The Hall–Kier alpha value is -1.86. The first-order valence-corrected chi connectivity index (χ1v) is 22.9. The molecule has 0 saturated carbocycles. The summed E-state index contributed by atoms with van der Waals surface area (Å²) in [6.45, 7) is 23.2. The van der Waals surface area contributed by atoms with Gasteiger partial charge < -0.3 is 29.9 Å². The molecule has 12 rings (SSSR count). The smallest absolute Gasteiger partial charge is 0.119 e. The van der Waals surface area contributed by atoms with Gasteiger partial charge in [-0.2, -0.15) is 13.5 Å². The molecular formula is C49H84IN3O4S. The van der Waals surface area contributed by atoms with Gasteiger partial charge in [0.05, 0.1) is 12.2 Å². The Balaban J connectivity index is 0.000000677. The van der Waals surface area contributed by atoms with Gasteiger partial charge in [-0.3, -0.25) is 4.90 Å². The fraction of sp³-hybridized carbons (Fsp3) is 0.633. The number of fused-ring (bicyclic) bond motifs is 9. The summed E-state index contributed by atoms with van der Waals surface area (Å²) in [6.07, 6.45) is 11.7. The molecule has 6 bridgehead atoms. The van der Waals surface area contributed by atoms with E-state index in [4.69, 9.17) is 9.84 Å². The Morgan fingerprint density at radius 2 is 0.828 bits per heavy atom. The lowest BCUT2D eigenvalue weighted by Crippen LogP contribution is -2.52. The molecule has 9 aliphatic heterocycles. The second-order valence-corrected chi connectivity index (χ2v) is 17.0. The molecule has 3 aromatic rings. The van der Waals surface area contributed by atoms with Gasteiger partial charge in [-0.25, -0.2) is 0 Å². The zero-order chi connectivity index (χ0) is 41.0. The molecule has 9 heterocycles. The van der Waals surface area contributed by atoms with E-state index in [9.17, 15) is 10.2 Å². The molecular weight excluding hydrogens is 854 g/mol. The Labute approximate surface area is 376 Å². The number of aliphatic hydroxyl groups is 2. The number of nitrogens with zero attached hydrogens (tertiary/aromatic N) is 3. The summed E-state index contributed by atoms with van der Waals surface area (Å²) in [5, 5.41) is 27.3. The molecule has 332 valence electrons. The molecule has 0 radical (unpaired) electrons. The van der Waals surface area contributed by atoms with Gasteiger partial charge in [0.1, 0.15) is 17.6 Å². The average Bonchev–Trinajstić information content (AvgIpc) is 3.22. The van der Waals surface area contributed by atoms with Crippen molar-refractivity contribution in [1.82, 2.24) is 14.7 Å². The maximum Gasteiger partial charge on any atom is 0.119 e. The Kier molecular flexibility index (Phi) is 33.7. The maximum atomic E-state index is 9.36. The van der Waals surface area contributed by atoms with Crippen LogP contribution in [0.5, 0.6) is 11.5 Å². The molecule has 0 spiro atoms. The molecule has 9 heteroatoms. The molecule has 0 amide bonds. The highest BCUT2D eigenvalue weighted by atomic mass is 127. The second kappa shape index (κ2) is 34.8. The van der Waals surface area contributed by atoms with Crippen LogP contribution >= 0.6 is 36.1 Å². The first kappa shape index (κ1) is 56.1. The third-order valence-corrected chi connectivity index (χ3v) is 11.1. The van der Waals surface area contributed by atoms with Crippen molar-refractivity contribution in [1.29, 1.82) is 0 Å². The summed E-state index contributed by atoms with van der Waals surface area (Å²) in [5.41, 5.74) is 0. The number of para-hydroxylation sites is 2. The van der Waals surface area contributed by atoms with E-state index in [0.717, 1.165) is 31.3 Å². The highest BCUT2D eigenvalue weighted by molar-refractivity contribution is 14.1. The van der Waals surface area contributed by atoms with E-state index < -0.39 is 0 Å². The maximum absolute atomic E-state index is 9.36. The lowest BCUT2D eigenvalue weighted by molar-refractivity contribution is -0.0228. The summed E-state index contributed by atoms with van der Waals surface area (Å²) in [7, 11) is 0. The highest BCUT2D eigenvalue weighted by Crippen LogP contribution is 2.31. The summed E-state index contributed by atoms with van der Waals surface area (Å²) in [4.78, 5) is 7.23. The standard InChI is InChI=1S/C13H17NO.2C7H13NO.C6H5I.C6H6O.3C3H8.CH4.H2S/c1-2-4-12(5-3-1)15-13-10-14-8-6-11(13)7-9-14;2*9-7-5-8-3-1-6(7)2-4-8;2*7-6-4-2-1-3-5-6;3*1-3-2;;/h1-5,11,13H,6-10H2;2*6-7,9H,1-5H2;1-5H;1-5,7H;3*3H2,1-2H3;1H4;1H2/t13-;2*7-;;;;;;;/m010......./s1. The topological polar surface area (TPSA) is 79.6 Å². The molecule has 0 aliphatic carbocycles. The fourth-order valence-electron chi connectivity index (χ4n) is 7.43. The average molecular weight is 938 g/mol. The van der Waals surface area contributed by atoms with Crippen molar-refractivity contribution in [2.24, 2.45) is 17.8 Å². The van der Waals surface area contributed by atoms with Gasteiger partial charge in [0.2, 0.25) is 0 Å². The molecule has 9 aliphatic rings. The van der Waals surface area contributed by atoms with E-state index in [-0.39, 0.29) is 33.1 Å². The fourth-order valence-corrected chi connectivity index (χ4v) is 7.84. The van der Waals surface area contributed by atoms with Crippen LogP contribution < -0.4 is 4.74 Å². The van der Waals surface area contributed by atoms with Crippen LogP contribution in [0.3, 0.4) is 0 Å². The van der Waals surface area contributed by atoms with Crippen LogP contribution in [0.15, 0.2) is 91.0 Å². The minimum atomic E-state index is -0.00694. The molecule has 3 aromatic carbocycles. The molecule has 3 N–H and O–H groups in total. The van der Waals surface area contributed by atoms with Crippen LogP contribution in [0.1, 0.15) is 107 Å². The van der Waals surface area contributed by atoms with Crippen molar-refractivity contribution in [2.45, 2.75) is 125 Å². The van der Waals surface area contributed by atoms with Crippen LogP contribution in [0.2, 0.25) is 0 Å². The summed E-state index contributed by atoms with van der Waals surface area (Å²) in [6, 6.07) is 29.1. The minimum Gasteiger partial charge on any atom is -0.508 e. The number of benzene rings is 3. The number of rotatable bonds is 2. The largest absolute Gasteiger partial charge is 0.508 e. The number of phenolic OH excluding ortho intramolecular Hbond substituents is 1. The number of aromatic hydroxyl groups is 1. The monoisotopic (exact) mass is 938 g/mol. The zero-order valence-electron chi connectivity index (χ0n) is 36.3. The molecule has 9 saturated heterocycles. The zero-order valence-corrected chi connectivity index (χ0v) is 39.5. The Morgan fingerprint density at radius 3 is 1.03 bits per heavy atom. The quantitative estimate of drug-likeness (QED) is 0.221. The number of ether oxygens (including phenoxy) is 1. The van der Waals surface area contributed by atoms with E-state index >= 15 is 0 Å². The van der Waals surface area contributed by atoms with Gasteiger partial charge in [-0.15, -0.1) is 0 Å². The van der Waals surface area contributed by atoms with Crippen molar-refractivity contribution >= 4 is 36.1 Å². The SMILES string of the molecule is C.CCC.CCC.CCC.Ic1ccccc1.O[C@@H]1CN2CCC1CC2.O[C@H]1CN2CCC1CC2.Oc1ccccc1.S.c1ccc(O[C@H]2CN3CCC2CC3)cc1. The number of hydrogen-bond acceptors (Lipinski definition) is 7. The Morgan fingerprint density at radius 1 is 0.517 bits per heavy atom. The normalized spacial score (nSPS) is 27.2. The van der Waals surface area contributed by atoms with E-state index in [2.05, 4.69) is 103 Å². The summed E-state index contributed by atoms with van der Waals surface area (Å²) < 4.78 is 7.34. The third-order valence-electron chi connectivity index (χ3n) is 10.4. The van der Waals surface area contributed by atoms with E-state index in [0.29, 0.717) is 23.7 Å². The molecule has 0 aromatic heterocycles. The van der Waals surface area contributed by atoms with Crippen molar-refractivity contribution in [2.75, 3.05) is 58.9 Å². The first-order chi connectivity index (χ1) is 27.2. The number of hydrogen-bond donors (Lipinski definition) is 3. The van der Waals surface area contributed by atoms with E-state index in [1.807, 2.05) is 42.5 Å². The Bertz CT molecular complexity index is 1240. The van der Waals surface area contributed by atoms with Gasteiger partial charge >= 0.3 is 0 Å². The number of aliphatic hydroxyl groups excluding tert-OH is 2. The molecule has 0 unspecified atom stereocenters. The lowest BCUT2D eigenvalue weighted by atomic mass is 9.86. The minimum absolute atomic E-state index is 0. The summed E-state index contributed by atoms with van der Waals surface area (Å²) >= 11 is 2.28. The van der Waals surface area contributed by atoms with Crippen LogP contribution in [0.4, 0.5) is 0 Å². The van der Waals surface area contributed by atoms with Crippen LogP contribution in [0.25, 0.3) is 0 Å². The van der Waals surface area contributed by atoms with Gasteiger partial charge in [0.25, 0.3) is 0 Å². The highest BCUT2D eigenvalue weighted by Gasteiger charge is 2.35. The van der Waals surface area contributed by atoms with E-state index in [1.54, 1.807) is 24.3 Å². The predicted molar refractivity (Wildman–Crippen MR) is 263 cm³/mol. The number of phenols is 1. The first-order valence-electron chi connectivity index (χ1n) is 21.9. The van der Waals surface area contributed by atoms with Crippen molar-refractivity contribution in [3.05, 3.63) is 94.6 Å². The van der Waals surface area contributed by atoms with Crippen LogP contribution in [-0.4, -0.2) is 107 Å². The van der Waals surface area contributed by atoms with Crippen molar-refractivity contribution in [3.63, 3.8) is 0 Å². The van der Waals surface area contributed by atoms with E-state index in [1.165, 1.54) is 101 Å². The van der Waals surface area contributed by atoms with Gasteiger partial charge in [-0.05, 0) is 155 Å². The van der Waals surface area contributed by atoms with Crippen molar-refractivity contribution < 1.29 is 20.1 Å². The van der Waals surface area contributed by atoms with Gasteiger partial charge in [-0.1, -0.05) is 123 Å². The lowest BCUT2D eigenvalue weighted by Gasteiger charge is -2.44. The number of halogens is 1. The molecule has 9 fully saturated rings. The van der Waals surface area contributed by atoms with Crippen molar-refractivity contribution in [3.8, 4) is 11.5 Å². The molecule has 58 heavy (non-hydrogen) atoms. The van der Waals surface area contributed by atoms with Crippen LogP contribution in [0, 0.1) is 21.3 Å². The second-order valence-electron chi connectivity index (χ2n) is 15.8.